The molecule has 0 bridgehead atoms. The van der Waals surface area contributed by atoms with Gasteiger partial charge >= 0.3 is 5.97 Å². The summed E-state index contributed by atoms with van der Waals surface area (Å²) in [5.74, 6) is 0.508. The predicted octanol–water partition coefficient (Wildman–Crippen LogP) is 2.24. The third-order valence-electron chi connectivity index (χ3n) is 3.34. The lowest BCUT2D eigenvalue weighted by Crippen LogP contribution is -2.35. The average Bonchev–Trinajstić information content (AvgIpc) is 2.28. The van der Waals surface area contributed by atoms with Gasteiger partial charge in [-0.15, -0.1) is 0 Å². The van der Waals surface area contributed by atoms with Crippen molar-refractivity contribution in [3.63, 3.8) is 0 Å². The van der Waals surface area contributed by atoms with Crippen molar-refractivity contribution in [2.24, 2.45) is 11.7 Å². The fourth-order valence-electron chi connectivity index (χ4n) is 2.14. The molecule has 1 aliphatic carbocycles. The molecule has 3 unspecified atom stereocenters. The van der Waals surface area contributed by atoms with Crippen molar-refractivity contribution >= 4 is 5.97 Å². The minimum absolute atomic E-state index is 0.119. The maximum absolute atomic E-state index is 11.5. The van der Waals surface area contributed by atoms with Gasteiger partial charge in [0.1, 0.15) is 12.1 Å². The summed E-state index contributed by atoms with van der Waals surface area (Å²) in [6, 6.07) is -0.438. The van der Waals surface area contributed by atoms with E-state index < -0.39 is 6.04 Å². The summed E-state index contributed by atoms with van der Waals surface area (Å²) in [4.78, 5) is 11.5. The smallest absolute Gasteiger partial charge is 0.323 e. The van der Waals surface area contributed by atoms with Crippen LogP contribution in [-0.4, -0.2) is 18.1 Å². The predicted molar refractivity (Wildman–Crippen MR) is 60.4 cm³/mol. The first-order valence-electron chi connectivity index (χ1n) is 6.13. The molecule has 3 heteroatoms. The summed E-state index contributed by atoms with van der Waals surface area (Å²) in [6.07, 6.45) is 6.46. The number of ether oxygens (including phenoxy) is 1. The number of carbonyl (C=O) groups excluding carboxylic acids is 1. The second kappa shape index (κ2) is 6.11. The molecule has 1 fully saturated rings. The highest BCUT2D eigenvalue weighted by molar-refractivity contribution is 5.75. The lowest BCUT2D eigenvalue weighted by molar-refractivity contribution is -0.153. The Labute approximate surface area is 92.4 Å². The highest BCUT2D eigenvalue weighted by atomic mass is 16.5. The molecule has 1 aliphatic rings. The van der Waals surface area contributed by atoms with Gasteiger partial charge in [0.2, 0.25) is 0 Å². The van der Waals surface area contributed by atoms with Crippen molar-refractivity contribution in [1.82, 2.24) is 0 Å². The Morgan fingerprint density at radius 1 is 1.47 bits per heavy atom. The van der Waals surface area contributed by atoms with E-state index in [0.29, 0.717) is 6.42 Å². The first-order valence-corrected chi connectivity index (χ1v) is 6.13. The fraction of sp³-hybridized carbons (Fsp3) is 0.917. The molecule has 3 nitrogen and oxygen atoms in total. The molecule has 0 aliphatic heterocycles. The first kappa shape index (κ1) is 12.5. The molecule has 0 spiro atoms. The van der Waals surface area contributed by atoms with Crippen molar-refractivity contribution in [3.8, 4) is 0 Å². The van der Waals surface area contributed by atoms with Crippen LogP contribution in [0.2, 0.25) is 0 Å². The number of rotatable bonds is 4. The van der Waals surface area contributed by atoms with Gasteiger partial charge in [0.25, 0.3) is 0 Å². The van der Waals surface area contributed by atoms with Crippen LogP contribution in [-0.2, 0) is 9.53 Å². The second-order valence-electron chi connectivity index (χ2n) is 4.51. The topological polar surface area (TPSA) is 52.3 Å². The van der Waals surface area contributed by atoms with Gasteiger partial charge in [-0.2, -0.15) is 0 Å². The molecule has 0 radical (unpaired) electrons. The van der Waals surface area contributed by atoms with Crippen LogP contribution in [0.25, 0.3) is 0 Å². The third-order valence-corrected chi connectivity index (χ3v) is 3.34. The van der Waals surface area contributed by atoms with Crippen LogP contribution < -0.4 is 5.73 Å². The van der Waals surface area contributed by atoms with Crippen LogP contribution in [0, 0.1) is 5.92 Å². The van der Waals surface area contributed by atoms with Gasteiger partial charge in [0.15, 0.2) is 0 Å². The SMILES string of the molecule is CCC1CCCC(OC(=O)C(N)CC)C1. The summed E-state index contributed by atoms with van der Waals surface area (Å²) < 4.78 is 5.41. The Balaban J connectivity index is 2.34. The van der Waals surface area contributed by atoms with E-state index in [1.165, 1.54) is 19.3 Å². The fourth-order valence-corrected chi connectivity index (χ4v) is 2.14. The monoisotopic (exact) mass is 213 g/mol. The largest absolute Gasteiger partial charge is 0.461 e. The lowest BCUT2D eigenvalue weighted by atomic mass is 9.85. The Morgan fingerprint density at radius 2 is 2.20 bits per heavy atom. The molecule has 0 saturated heterocycles. The zero-order valence-corrected chi connectivity index (χ0v) is 9.87. The van der Waals surface area contributed by atoms with Crippen molar-refractivity contribution in [2.45, 2.75) is 64.5 Å². The Bertz CT molecular complexity index is 206. The molecule has 0 aromatic rings. The van der Waals surface area contributed by atoms with Crippen molar-refractivity contribution in [1.29, 1.82) is 0 Å². The molecular formula is C12H23NO2. The van der Waals surface area contributed by atoms with Gasteiger partial charge in [-0.05, 0) is 31.6 Å². The van der Waals surface area contributed by atoms with Crippen molar-refractivity contribution in [2.75, 3.05) is 0 Å². The molecule has 0 amide bonds. The Kier molecular flexibility index (Phi) is 5.09. The van der Waals surface area contributed by atoms with Crippen LogP contribution in [0.4, 0.5) is 0 Å². The number of carbonyl (C=O) groups is 1. The van der Waals surface area contributed by atoms with Crippen LogP contribution in [0.5, 0.6) is 0 Å². The maximum atomic E-state index is 11.5. The van der Waals surface area contributed by atoms with E-state index in [9.17, 15) is 4.79 Å². The van der Waals surface area contributed by atoms with Gasteiger partial charge in [-0.1, -0.05) is 26.7 Å². The maximum Gasteiger partial charge on any atom is 0.323 e. The van der Waals surface area contributed by atoms with Gasteiger partial charge in [0, 0.05) is 0 Å². The summed E-state index contributed by atoms with van der Waals surface area (Å²) in [5, 5.41) is 0. The number of esters is 1. The van der Waals surface area contributed by atoms with E-state index in [1.807, 2.05) is 6.92 Å². The molecule has 1 rings (SSSR count). The van der Waals surface area contributed by atoms with Gasteiger partial charge in [-0.3, -0.25) is 4.79 Å². The van der Waals surface area contributed by atoms with Crippen molar-refractivity contribution in [3.05, 3.63) is 0 Å². The highest BCUT2D eigenvalue weighted by Gasteiger charge is 2.25. The lowest BCUT2D eigenvalue weighted by Gasteiger charge is -2.28. The second-order valence-corrected chi connectivity index (χ2v) is 4.51. The summed E-state index contributed by atoms with van der Waals surface area (Å²) in [7, 11) is 0. The molecule has 2 N–H and O–H groups in total. The molecular weight excluding hydrogens is 190 g/mol. The minimum atomic E-state index is -0.438. The van der Waals surface area contributed by atoms with Gasteiger partial charge in [0.05, 0.1) is 0 Å². The summed E-state index contributed by atoms with van der Waals surface area (Å²) >= 11 is 0. The molecule has 0 aromatic heterocycles. The Hall–Kier alpha value is -0.570. The molecule has 0 heterocycles. The van der Waals surface area contributed by atoms with Crippen LogP contribution >= 0.6 is 0 Å². The number of nitrogens with two attached hydrogens (primary N) is 1. The normalized spacial score (nSPS) is 28.5. The average molecular weight is 213 g/mol. The quantitative estimate of drug-likeness (QED) is 0.729. The standard InChI is InChI=1S/C12H23NO2/c1-3-9-6-5-7-10(8-9)15-12(14)11(13)4-2/h9-11H,3-8,13H2,1-2H3. The van der Waals surface area contributed by atoms with E-state index in [1.54, 1.807) is 0 Å². The Morgan fingerprint density at radius 3 is 2.80 bits per heavy atom. The zero-order valence-electron chi connectivity index (χ0n) is 9.87. The van der Waals surface area contributed by atoms with E-state index in [2.05, 4.69) is 6.92 Å². The van der Waals surface area contributed by atoms with Crippen LogP contribution in [0.3, 0.4) is 0 Å². The van der Waals surface area contributed by atoms with Crippen molar-refractivity contribution < 1.29 is 9.53 Å². The summed E-state index contributed by atoms with van der Waals surface area (Å²) in [6.45, 7) is 4.11. The molecule has 1 saturated carbocycles. The van der Waals surface area contributed by atoms with E-state index >= 15 is 0 Å². The highest BCUT2D eigenvalue weighted by Crippen LogP contribution is 2.28. The third kappa shape index (κ3) is 3.82. The first-order chi connectivity index (χ1) is 7.17. The molecule has 3 atom stereocenters. The van der Waals surface area contributed by atoms with Crippen LogP contribution in [0.15, 0.2) is 0 Å². The van der Waals surface area contributed by atoms with Gasteiger partial charge in [-0.25, -0.2) is 0 Å². The minimum Gasteiger partial charge on any atom is -0.461 e. The van der Waals surface area contributed by atoms with E-state index in [0.717, 1.165) is 18.8 Å². The number of hydrogen-bond acceptors (Lipinski definition) is 3. The number of hydrogen-bond donors (Lipinski definition) is 1. The van der Waals surface area contributed by atoms with Gasteiger partial charge < -0.3 is 10.5 Å². The molecule has 15 heavy (non-hydrogen) atoms. The van der Waals surface area contributed by atoms with E-state index in [-0.39, 0.29) is 12.1 Å². The molecule has 0 aromatic carbocycles. The van der Waals surface area contributed by atoms with Crippen LogP contribution in [0.1, 0.15) is 52.4 Å². The summed E-state index contributed by atoms with van der Waals surface area (Å²) in [5.41, 5.74) is 5.63. The molecule has 88 valence electrons. The zero-order chi connectivity index (χ0) is 11.3. The van der Waals surface area contributed by atoms with E-state index in [4.69, 9.17) is 10.5 Å².